The van der Waals surface area contributed by atoms with E-state index in [1.807, 2.05) is 0 Å². The minimum absolute atomic E-state index is 0.0485. The van der Waals surface area contributed by atoms with Crippen LogP contribution in [0.5, 0.6) is 0 Å². The van der Waals surface area contributed by atoms with E-state index in [9.17, 15) is 31.1 Å². The molecule has 168 valence electrons. The van der Waals surface area contributed by atoms with Gasteiger partial charge in [-0.3, -0.25) is 9.78 Å². The van der Waals surface area contributed by atoms with E-state index < -0.39 is 35.9 Å². The maximum atomic E-state index is 13.1. The van der Waals surface area contributed by atoms with Crippen LogP contribution in [0.1, 0.15) is 38.4 Å². The number of amides is 1. The van der Waals surface area contributed by atoms with Gasteiger partial charge in [0.25, 0.3) is 5.91 Å². The Morgan fingerprint density at radius 3 is 1.97 bits per heavy atom. The van der Waals surface area contributed by atoms with Crippen LogP contribution in [-0.2, 0) is 18.9 Å². The molecule has 0 saturated carbocycles. The summed E-state index contributed by atoms with van der Waals surface area (Å²) in [7, 11) is 0. The predicted octanol–water partition coefficient (Wildman–Crippen LogP) is 6.33. The van der Waals surface area contributed by atoms with Crippen molar-refractivity contribution in [1.82, 2.24) is 10.3 Å². The first-order valence-corrected chi connectivity index (χ1v) is 9.46. The van der Waals surface area contributed by atoms with Crippen molar-refractivity contribution < 1.29 is 31.1 Å². The average molecular weight is 452 g/mol. The Balaban J connectivity index is 1.95. The molecular formula is C23H18F6N2O. The van der Waals surface area contributed by atoms with Crippen molar-refractivity contribution in [1.29, 1.82) is 0 Å². The van der Waals surface area contributed by atoms with Gasteiger partial charge in [0.05, 0.1) is 22.4 Å². The smallest absolute Gasteiger partial charge is 0.348 e. The summed E-state index contributed by atoms with van der Waals surface area (Å²) in [4.78, 5) is 17.2. The lowest BCUT2D eigenvalue weighted by Gasteiger charge is -2.16. The van der Waals surface area contributed by atoms with Gasteiger partial charge in [0.1, 0.15) is 0 Å². The Bertz CT molecular complexity index is 1110. The number of nitrogens with zero attached hydrogens (tertiary/aromatic N) is 1. The summed E-state index contributed by atoms with van der Waals surface area (Å²) in [5.74, 6) is -0.653. The molecule has 0 unspecified atom stereocenters. The monoisotopic (exact) mass is 452 g/mol. The first-order valence-electron chi connectivity index (χ1n) is 9.46. The molecule has 2 aromatic carbocycles. The molecular weight excluding hydrogens is 434 g/mol. The van der Waals surface area contributed by atoms with E-state index in [0.717, 1.165) is 5.56 Å². The zero-order valence-electron chi connectivity index (χ0n) is 17.0. The molecule has 1 heterocycles. The summed E-state index contributed by atoms with van der Waals surface area (Å²) < 4.78 is 78.4. The normalized spacial score (nSPS) is 12.0. The second-order valence-electron chi connectivity index (χ2n) is 7.23. The van der Waals surface area contributed by atoms with Crippen molar-refractivity contribution in [2.75, 3.05) is 0 Å². The highest BCUT2D eigenvalue weighted by molar-refractivity contribution is 6.01. The second-order valence-corrected chi connectivity index (χ2v) is 7.23. The summed E-state index contributed by atoms with van der Waals surface area (Å²) >= 11 is 0. The van der Waals surface area contributed by atoms with E-state index in [2.05, 4.69) is 10.3 Å². The zero-order chi connectivity index (χ0) is 23.7. The molecule has 0 aliphatic carbocycles. The Kier molecular flexibility index (Phi) is 6.29. The number of carbonyl (C=O) groups excluding carboxylic acids is 1. The van der Waals surface area contributed by atoms with Gasteiger partial charge < -0.3 is 5.32 Å². The average Bonchev–Trinajstić information content (AvgIpc) is 2.70. The number of benzene rings is 2. The molecule has 3 rings (SSSR count). The van der Waals surface area contributed by atoms with Crippen LogP contribution >= 0.6 is 0 Å². The highest BCUT2D eigenvalue weighted by Crippen LogP contribution is 2.36. The van der Waals surface area contributed by atoms with E-state index in [1.54, 1.807) is 50.2 Å². The fourth-order valence-corrected chi connectivity index (χ4v) is 3.35. The summed E-state index contributed by atoms with van der Waals surface area (Å²) in [5.41, 5.74) is -0.654. The van der Waals surface area contributed by atoms with Gasteiger partial charge in [0.2, 0.25) is 0 Å². The van der Waals surface area contributed by atoms with Crippen LogP contribution < -0.4 is 5.32 Å². The highest BCUT2D eigenvalue weighted by Gasteiger charge is 2.36. The number of aromatic nitrogens is 1. The van der Waals surface area contributed by atoms with Crippen LogP contribution in [0.3, 0.4) is 0 Å². The number of rotatable bonds is 4. The molecule has 0 spiro atoms. The predicted molar refractivity (Wildman–Crippen MR) is 107 cm³/mol. The lowest BCUT2D eigenvalue weighted by atomic mass is 9.97. The van der Waals surface area contributed by atoms with E-state index in [4.69, 9.17) is 0 Å². The van der Waals surface area contributed by atoms with E-state index >= 15 is 0 Å². The van der Waals surface area contributed by atoms with Crippen LogP contribution in [0.25, 0.3) is 11.1 Å². The van der Waals surface area contributed by atoms with Gasteiger partial charge in [0, 0.05) is 12.2 Å². The first kappa shape index (κ1) is 23.3. The number of aryl methyl sites for hydroxylation is 2. The second kappa shape index (κ2) is 8.64. The minimum Gasteiger partial charge on any atom is -0.348 e. The third-order valence-electron chi connectivity index (χ3n) is 4.74. The van der Waals surface area contributed by atoms with Crippen LogP contribution in [-0.4, -0.2) is 10.9 Å². The number of hydrogen-bond donors (Lipinski definition) is 1. The fraction of sp³-hybridized carbons (Fsp3) is 0.217. The van der Waals surface area contributed by atoms with Crippen LogP contribution in [0.15, 0.2) is 54.6 Å². The Hall–Kier alpha value is -3.36. The van der Waals surface area contributed by atoms with Crippen molar-refractivity contribution in [3.8, 4) is 11.1 Å². The summed E-state index contributed by atoms with van der Waals surface area (Å²) in [6.07, 6.45) is -9.92. The molecule has 3 nitrogen and oxygen atoms in total. The Labute approximate surface area is 180 Å². The number of pyridine rings is 1. The van der Waals surface area contributed by atoms with Crippen molar-refractivity contribution in [3.63, 3.8) is 0 Å². The van der Waals surface area contributed by atoms with Crippen LogP contribution in [0, 0.1) is 13.8 Å². The molecule has 0 aliphatic rings. The lowest BCUT2D eigenvalue weighted by molar-refractivity contribution is -0.143. The highest BCUT2D eigenvalue weighted by atomic mass is 19.4. The number of nitrogens with one attached hydrogen (secondary N) is 1. The summed E-state index contributed by atoms with van der Waals surface area (Å²) in [6.45, 7) is 2.84. The number of halogens is 6. The van der Waals surface area contributed by atoms with Gasteiger partial charge in [-0.05, 0) is 54.8 Å². The van der Waals surface area contributed by atoms with Crippen molar-refractivity contribution in [2.45, 2.75) is 32.7 Å². The summed E-state index contributed by atoms with van der Waals surface area (Å²) in [5, 5.41) is 2.43. The van der Waals surface area contributed by atoms with Crippen molar-refractivity contribution in [3.05, 3.63) is 88.2 Å². The lowest BCUT2D eigenvalue weighted by Crippen LogP contribution is -2.25. The maximum Gasteiger partial charge on any atom is 0.416 e. The number of alkyl halides is 6. The SMILES string of the molecule is Cc1cc(-c2ccccc2)c(C(=O)NCc2cc(C(F)(F)F)cc(C(F)(F)F)c2)c(C)n1. The van der Waals surface area contributed by atoms with Crippen molar-refractivity contribution in [2.24, 2.45) is 0 Å². The molecule has 1 aromatic heterocycles. The van der Waals surface area contributed by atoms with Crippen LogP contribution in [0.4, 0.5) is 26.3 Å². The molecule has 1 amide bonds. The fourth-order valence-electron chi connectivity index (χ4n) is 3.35. The third kappa shape index (κ3) is 5.27. The van der Waals surface area contributed by atoms with Gasteiger partial charge in [-0.1, -0.05) is 30.3 Å². The van der Waals surface area contributed by atoms with Gasteiger partial charge in [-0.15, -0.1) is 0 Å². The molecule has 0 fully saturated rings. The van der Waals surface area contributed by atoms with Gasteiger partial charge in [0.15, 0.2) is 0 Å². The summed E-state index contributed by atoms with van der Waals surface area (Å²) in [6, 6.07) is 11.9. The molecule has 32 heavy (non-hydrogen) atoms. The Morgan fingerprint density at radius 2 is 1.44 bits per heavy atom. The van der Waals surface area contributed by atoms with Crippen molar-refractivity contribution >= 4 is 5.91 Å². The Morgan fingerprint density at radius 1 is 0.875 bits per heavy atom. The van der Waals surface area contributed by atoms with Gasteiger partial charge in [-0.25, -0.2) is 0 Å². The number of hydrogen-bond acceptors (Lipinski definition) is 2. The zero-order valence-corrected chi connectivity index (χ0v) is 17.0. The topological polar surface area (TPSA) is 42.0 Å². The van der Waals surface area contributed by atoms with E-state index in [1.165, 1.54) is 0 Å². The molecule has 9 heteroatoms. The minimum atomic E-state index is -4.96. The molecule has 0 bridgehead atoms. The third-order valence-corrected chi connectivity index (χ3v) is 4.74. The molecule has 1 N–H and O–H groups in total. The molecule has 0 radical (unpaired) electrons. The molecule has 3 aromatic rings. The standard InChI is InChI=1S/C23H18F6N2O/c1-13-8-19(16-6-4-3-5-7-16)20(14(2)31-13)21(32)30-12-15-9-17(22(24,25)26)11-18(10-15)23(27,28)29/h3-11H,12H2,1-2H3,(H,30,32). The van der Waals surface area contributed by atoms with E-state index in [-0.39, 0.29) is 17.2 Å². The van der Waals surface area contributed by atoms with E-state index in [0.29, 0.717) is 29.1 Å². The molecule has 0 saturated heterocycles. The first-order chi connectivity index (χ1) is 14.9. The van der Waals surface area contributed by atoms with Gasteiger partial charge in [-0.2, -0.15) is 26.3 Å². The number of carbonyl (C=O) groups is 1. The quantitative estimate of drug-likeness (QED) is 0.470. The maximum absolute atomic E-state index is 13.1. The molecule has 0 atom stereocenters. The van der Waals surface area contributed by atoms with Gasteiger partial charge >= 0.3 is 12.4 Å². The van der Waals surface area contributed by atoms with Crippen LogP contribution in [0.2, 0.25) is 0 Å². The molecule has 0 aliphatic heterocycles. The largest absolute Gasteiger partial charge is 0.416 e.